The van der Waals surface area contributed by atoms with Crippen LogP contribution in [0.1, 0.15) is 26.3 Å². The van der Waals surface area contributed by atoms with E-state index in [9.17, 15) is 9.59 Å². The molecule has 2 amide bonds. The molecule has 1 rings (SSSR count). The number of benzene rings is 1. The smallest absolute Gasteiger partial charge is 0.277 e. The fourth-order valence-electron chi connectivity index (χ4n) is 2.61. The lowest BCUT2D eigenvalue weighted by Gasteiger charge is -2.23. The van der Waals surface area contributed by atoms with Crippen molar-refractivity contribution in [3.8, 4) is 11.5 Å². The lowest BCUT2D eigenvalue weighted by Crippen LogP contribution is -3.11. The highest BCUT2D eigenvalue weighted by atomic mass is 16.5. The molecule has 0 aliphatic carbocycles. The maximum Gasteiger partial charge on any atom is 0.277 e. The molecule has 1 aromatic rings. The maximum atomic E-state index is 12.5. The number of amides is 2. The molecule has 0 bridgehead atoms. The molecule has 0 fully saturated rings. The number of hydrogen-bond donors (Lipinski definition) is 2. The van der Waals surface area contributed by atoms with Crippen LogP contribution in [0.5, 0.6) is 11.5 Å². The summed E-state index contributed by atoms with van der Waals surface area (Å²) in [5.41, 5.74) is 0.590. The van der Waals surface area contributed by atoms with Crippen LogP contribution in [-0.4, -0.2) is 63.7 Å². The number of nitrogens with zero attached hydrogens (tertiary/aromatic N) is 1. The Hall–Kier alpha value is -2.28. The first-order chi connectivity index (χ1) is 12.1. The molecular formula is C19H32N3O4+. The number of quaternary nitrogens is 1. The number of ether oxygens (including phenoxy) is 2. The number of para-hydroxylation sites is 1. The molecule has 7 heteroatoms. The van der Waals surface area contributed by atoms with Crippen LogP contribution < -0.4 is 19.7 Å². The summed E-state index contributed by atoms with van der Waals surface area (Å²) < 4.78 is 10.7. The second kappa shape index (κ2) is 9.43. The Morgan fingerprint density at radius 1 is 1.15 bits per heavy atom. The normalized spacial score (nSPS) is 12.3. The Morgan fingerprint density at radius 2 is 1.81 bits per heavy atom. The molecule has 1 aromatic carbocycles. The standard InChI is InChI=1S/C19H31N3O4/c1-19(2,3)20-16(23)12-21(4)13-17(24)22(5)11-14-9-8-10-15(25-6)18(14)26-7/h8-10H,11-13H2,1-7H3,(H,20,23)/p+1. The average molecular weight is 366 g/mol. The molecule has 2 N–H and O–H groups in total. The molecule has 0 heterocycles. The van der Waals surface area contributed by atoms with Gasteiger partial charge in [-0.25, -0.2) is 0 Å². The van der Waals surface area contributed by atoms with Crippen LogP contribution in [0.25, 0.3) is 0 Å². The van der Waals surface area contributed by atoms with Crippen molar-refractivity contribution in [3.05, 3.63) is 23.8 Å². The van der Waals surface area contributed by atoms with E-state index < -0.39 is 0 Å². The highest BCUT2D eigenvalue weighted by molar-refractivity contribution is 5.79. The lowest BCUT2D eigenvalue weighted by atomic mass is 10.1. The second-order valence-electron chi connectivity index (χ2n) is 7.51. The molecular weight excluding hydrogens is 334 g/mol. The first-order valence-electron chi connectivity index (χ1n) is 8.63. The van der Waals surface area contributed by atoms with Gasteiger partial charge in [-0.15, -0.1) is 0 Å². The van der Waals surface area contributed by atoms with Crippen LogP contribution in [0.2, 0.25) is 0 Å². The Balaban J connectivity index is 2.64. The van der Waals surface area contributed by atoms with E-state index in [1.165, 1.54) is 0 Å². The Bertz CT molecular complexity index is 626. The third-order valence-corrected chi connectivity index (χ3v) is 3.75. The van der Waals surface area contributed by atoms with Gasteiger partial charge in [0, 0.05) is 24.7 Å². The van der Waals surface area contributed by atoms with Gasteiger partial charge in [-0.2, -0.15) is 0 Å². The zero-order chi connectivity index (χ0) is 19.9. The maximum absolute atomic E-state index is 12.5. The van der Waals surface area contributed by atoms with Gasteiger partial charge in [0.05, 0.1) is 21.3 Å². The minimum absolute atomic E-state index is 0.0454. The van der Waals surface area contributed by atoms with E-state index in [1.807, 2.05) is 46.0 Å². The van der Waals surface area contributed by atoms with E-state index in [0.717, 1.165) is 10.5 Å². The molecule has 0 aliphatic rings. The topological polar surface area (TPSA) is 72.3 Å². The molecule has 1 unspecified atom stereocenters. The van der Waals surface area contributed by atoms with Crippen LogP contribution in [-0.2, 0) is 16.1 Å². The summed E-state index contributed by atoms with van der Waals surface area (Å²) in [6, 6.07) is 5.58. The second-order valence-corrected chi connectivity index (χ2v) is 7.51. The van der Waals surface area contributed by atoms with Gasteiger partial charge in [-0.3, -0.25) is 9.59 Å². The fraction of sp³-hybridized carbons (Fsp3) is 0.579. The van der Waals surface area contributed by atoms with Crippen molar-refractivity contribution in [1.29, 1.82) is 0 Å². The van der Waals surface area contributed by atoms with E-state index in [1.54, 1.807) is 26.2 Å². The molecule has 146 valence electrons. The molecule has 1 atom stereocenters. The van der Waals surface area contributed by atoms with E-state index in [4.69, 9.17) is 9.47 Å². The summed E-state index contributed by atoms with van der Waals surface area (Å²) in [5.74, 6) is 1.14. The Kier molecular flexibility index (Phi) is 7.89. The number of carbonyl (C=O) groups excluding carboxylic acids is 2. The predicted octanol–water partition coefficient (Wildman–Crippen LogP) is 0.0916. The minimum Gasteiger partial charge on any atom is -0.493 e. The van der Waals surface area contributed by atoms with Gasteiger partial charge in [0.25, 0.3) is 11.8 Å². The summed E-state index contributed by atoms with van der Waals surface area (Å²) in [7, 11) is 6.73. The Morgan fingerprint density at radius 3 is 2.35 bits per heavy atom. The van der Waals surface area contributed by atoms with Crippen molar-refractivity contribution in [2.75, 3.05) is 41.4 Å². The van der Waals surface area contributed by atoms with Crippen LogP contribution in [0, 0.1) is 0 Å². The lowest BCUT2D eigenvalue weighted by molar-refractivity contribution is -0.863. The van der Waals surface area contributed by atoms with Crippen molar-refractivity contribution < 1.29 is 24.0 Å². The summed E-state index contributed by atoms with van der Waals surface area (Å²) in [6.07, 6.45) is 0. The van der Waals surface area contributed by atoms with Gasteiger partial charge in [-0.05, 0) is 26.8 Å². The fourth-order valence-corrected chi connectivity index (χ4v) is 2.61. The minimum atomic E-state index is -0.277. The first kappa shape index (κ1) is 21.8. The Labute approximate surface area is 156 Å². The zero-order valence-electron chi connectivity index (χ0n) is 16.9. The van der Waals surface area contributed by atoms with Crippen molar-refractivity contribution >= 4 is 11.8 Å². The summed E-state index contributed by atoms with van der Waals surface area (Å²) in [4.78, 5) is 26.9. The SMILES string of the molecule is COc1cccc(CN(C)C(=O)C[NH+](C)CC(=O)NC(C)(C)C)c1OC. The third kappa shape index (κ3) is 6.92. The predicted molar refractivity (Wildman–Crippen MR) is 101 cm³/mol. The number of likely N-dealkylation sites (N-methyl/N-ethyl adjacent to an activating group) is 2. The van der Waals surface area contributed by atoms with E-state index in [-0.39, 0.29) is 30.4 Å². The van der Waals surface area contributed by atoms with Gasteiger partial charge < -0.3 is 24.6 Å². The monoisotopic (exact) mass is 366 g/mol. The van der Waals surface area contributed by atoms with Gasteiger partial charge >= 0.3 is 0 Å². The number of rotatable bonds is 8. The van der Waals surface area contributed by atoms with Crippen LogP contribution in [0.3, 0.4) is 0 Å². The van der Waals surface area contributed by atoms with Crippen LogP contribution in [0.4, 0.5) is 0 Å². The van der Waals surface area contributed by atoms with Crippen molar-refractivity contribution in [2.24, 2.45) is 0 Å². The number of hydrogen-bond acceptors (Lipinski definition) is 4. The molecule has 0 saturated heterocycles. The molecule has 0 saturated carbocycles. The first-order valence-corrected chi connectivity index (χ1v) is 8.63. The molecule has 0 aromatic heterocycles. The molecule has 0 aliphatic heterocycles. The van der Waals surface area contributed by atoms with Crippen LogP contribution >= 0.6 is 0 Å². The van der Waals surface area contributed by atoms with Crippen molar-refractivity contribution in [1.82, 2.24) is 10.2 Å². The van der Waals surface area contributed by atoms with Crippen molar-refractivity contribution in [2.45, 2.75) is 32.9 Å². The summed E-state index contributed by atoms with van der Waals surface area (Å²) in [5, 5.41) is 2.90. The quantitative estimate of drug-likeness (QED) is 0.684. The van der Waals surface area contributed by atoms with Gasteiger partial charge in [0.15, 0.2) is 24.6 Å². The highest BCUT2D eigenvalue weighted by Crippen LogP contribution is 2.31. The van der Waals surface area contributed by atoms with Crippen molar-refractivity contribution in [3.63, 3.8) is 0 Å². The largest absolute Gasteiger partial charge is 0.493 e. The van der Waals surface area contributed by atoms with E-state index in [0.29, 0.717) is 18.0 Å². The number of methoxy groups -OCH3 is 2. The third-order valence-electron chi connectivity index (χ3n) is 3.75. The van der Waals surface area contributed by atoms with E-state index >= 15 is 0 Å². The van der Waals surface area contributed by atoms with E-state index in [2.05, 4.69) is 5.32 Å². The average Bonchev–Trinajstić information content (AvgIpc) is 2.52. The number of carbonyl (C=O) groups is 2. The highest BCUT2D eigenvalue weighted by Gasteiger charge is 2.21. The molecule has 26 heavy (non-hydrogen) atoms. The van der Waals surface area contributed by atoms with Gasteiger partial charge in [-0.1, -0.05) is 12.1 Å². The summed E-state index contributed by atoms with van der Waals surface area (Å²) in [6.45, 7) is 6.68. The van der Waals surface area contributed by atoms with Crippen LogP contribution in [0.15, 0.2) is 18.2 Å². The van der Waals surface area contributed by atoms with Gasteiger partial charge in [0.2, 0.25) is 0 Å². The zero-order valence-corrected chi connectivity index (χ0v) is 16.9. The molecule has 7 nitrogen and oxygen atoms in total. The summed E-state index contributed by atoms with van der Waals surface area (Å²) >= 11 is 0. The number of nitrogens with one attached hydrogen (secondary N) is 2. The van der Waals surface area contributed by atoms with Gasteiger partial charge in [0.1, 0.15) is 0 Å². The molecule has 0 radical (unpaired) electrons. The molecule has 0 spiro atoms.